The first-order valence-corrected chi connectivity index (χ1v) is 12.8. The van der Waals surface area contributed by atoms with Crippen molar-refractivity contribution in [1.29, 1.82) is 0 Å². The fourth-order valence-corrected chi connectivity index (χ4v) is 4.81. The van der Waals surface area contributed by atoms with Crippen molar-refractivity contribution in [3.8, 4) is 5.69 Å². The molecule has 5 rings (SSSR count). The lowest BCUT2D eigenvalue weighted by Gasteiger charge is -2.31. The third kappa shape index (κ3) is 6.39. The standard InChI is InChI=1S/C27H32FN7O2/c28-21-7-3-19(4-8-21)23-18-25(23)30-11-1-2-24(27(37)34-15-12-29-13-16-34)32-26(36)20-5-9-22(10-6-20)35-17-14-31-33-35/h3-10,14,17,23-25,29-30H,1-2,11-13,15-16,18H2,(H,32,36)/t23-,24-,25+/m0/s1. The SMILES string of the molecule is O=C(N[C@@H](CCCN[C@@H]1C[C@H]1c1ccc(F)cc1)C(=O)N1CCNCC1)c1ccc(-n2ccnn2)cc1. The molecular formula is C27H32FN7O2. The summed E-state index contributed by atoms with van der Waals surface area (Å²) in [4.78, 5) is 28.2. The minimum atomic E-state index is -0.588. The largest absolute Gasteiger partial charge is 0.340 e. The Morgan fingerprint density at radius 1 is 1.08 bits per heavy atom. The molecule has 0 unspecified atom stereocenters. The highest BCUT2D eigenvalue weighted by Gasteiger charge is 2.37. The molecule has 2 aliphatic rings. The lowest BCUT2D eigenvalue weighted by molar-refractivity contribution is -0.134. The number of nitrogens with one attached hydrogen (secondary N) is 3. The molecule has 1 saturated carbocycles. The Kier molecular flexibility index (Phi) is 7.86. The Bertz CT molecular complexity index is 1180. The van der Waals surface area contributed by atoms with E-state index in [1.54, 1.807) is 41.3 Å². The number of amides is 2. The van der Waals surface area contributed by atoms with Crippen molar-refractivity contribution in [1.82, 2.24) is 35.8 Å². The number of nitrogens with zero attached hydrogens (tertiary/aromatic N) is 4. The van der Waals surface area contributed by atoms with Crippen LogP contribution >= 0.6 is 0 Å². The average molecular weight is 506 g/mol. The van der Waals surface area contributed by atoms with Gasteiger partial charge in [-0.2, -0.15) is 0 Å². The molecule has 37 heavy (non-hydrogen) atoms. The zero-order valence-electron chi connectivity index (χ0n) is 20.6. The summed E-state index contributed by atoms with van der Waals surface area (Å²) in [5.74, 6) is -0.128. The zero-order chi connectivity index (χ0) is 25.6. The average Bonchev–Trinajstić information content (AvgIpc) is 3.49. The van der Waals surface area contributed by atoms with E-state index in [4.69, 9.17) is 0 Å². The molecule has 0 spiro atoms. The number of piperazine rings is 1. The lowest BCUT2D eigenvalue weighted by atomic mass is 10.1. The van der Waals surface area contributed by atoms with Crippen molar-refractivity contribution in [3.05, 3.63) is 77.9 Å². The van der Waals surface area contributed by atoms with Crippen LogP contribution in [0.3, 0.4) is 0 Å². The molecule has 2 fully saturated rings. The maximum Gasteiger partial charge on any atom is 0.251 e. The molecule has 10 heteroatoms. The molecule has 9 nitrogen and oxygen atoms in total. The van der Waals surface area contributed by atoms with Gasteiger partial charge in [0, 0.05) is 43.7 Å². The molecule has 3 aromatic rings. The highest BCUT2D eigenvalue weighted by atomic mass is 19.1. The van der Waals surface area contributed by atoms with Gasteiger partial charge in [-0.05, 0) is 67.8 Å². The molecular weight excluding hydrogens is 473 g/mol. The number of halogens is 1. The molecule has 3 N–H and O–H groups in total. The second-order valence-electron chi connectivity index (χ2n) is 9.59. The molecule has 2 heterocycles. The first-order valence-electron chi connectivity index (χ1n) is 12.8. The first-order chi connectivity index (χ1) is 18.1. The van der Waals surface area contributed by atoms with E-state index in [-0.39, 0.29) is 17.6 Å². The van der Waals surface area contributed by atoms with Crippen LogP contribution in [0.4, 0.5) is 4.39 Å². The summed E-state index contributed by atoms with van der Waals surface area (Å²) in [6.45, 7) is 3.53. The maximum absolute atomic E-state index is 13.3. The van der Waals surface area contributed by atoms with Crippen LogP contribution in [0.5, 0.6) is 0 Å². The number of carbonyl (C=O) groups is 2. The van der Waals surface area contributed by atoms with E-state index in [1.807, 2.05) is 17.0 Å². The van der Waals surface area contributed by atoms with Gasteiger partial charge in [0.15, 0.2) is 0 Å². The molecule has 1 aromatic heterocycles. The summed E-state index contributed by atoms with van der Waals surface area (Å²) in [5.41, 5.74) is 2.43. The van der Waals surface area contributed by atoms with Crippen LogP contribution in [-0.2, 0) is 4.79 Å². The molecule has 194 valence electrons. The molecule has 2 amide bonds. The van der Waals surface area contributed by atoms with Crippen LogP contribution in [0.2, 0.25) is 0 Å². The molecule has 2 aromatic carbocycles. The van der Waals surface area contributed by atoms with Crippen LogP contribution in [0.25, 0.3) is 5.69 Å². The van der Waals surface area contributed by atoms with E-state index >= 15 is 0 Å². The van der Waals surface area contributed by atoms with Crippen molar-refractivity contribution in [3.63, 3.8) is 0 Å². The fraction of sp³-hybridized carbons (Fsp3) is 0.407. The highest BCUT2D eigenvalue weighted by Crippen LogP contribution is 2.40. The second kappa shape index (κ2) is 11.6. The minimum absolute atomic E-state index is 0.0373. The Hall–Kier alpha value is -3.63. The number of hydrogen-bond acceptors (Lipinski definition) is 6. The number of rotatable bonds is 10. The van der Waals surface area contributed by atoms with Gasteiger partial charge in [-0.25, -0.2) is 9.07 Å². The van der Waals surface area contributed by atoms with Gasteiger partial charge in [-0.15, -0.1) is 5.10 Å². The number of aromatic nitrogens is 3. The molecule has 1 aliphatic heterocycles. The van der Waals surface area contributed by atoms with E-state index in [0.29, 0.717) is 37.0 Å². The third-order valence-corrected chi connectivity index (χ3v) is 7.01. The summed E-state index contributed by atoms with van der Waals surface area (Å²) in [7, 11) is 0. The predicted octanol–water partition coefficient (Wildman–Crippen LogP) is 1.86. The van der Waals surface area contributed by atoms with Gasteiger partial charge in [0.1, 0.15) is 11.9 Å². The number of benzene rings is 2. The van der Waals surface area contributed by atoms with Gasteiger partial charge in [0.25, 0.3) is 5.91 Å². The van der Waals surface area contributed by atoms with Crippen molar-refractivity contribution in [2.45, 2.75) is 37.3 Å². The molecule has 3 atom stereocenters. The van der Waals surface area contributed by atoms with Crippen molar-refractivity contribution < 1.29 is 14.0 Å². The summed E-state index contributed by atoms with van der Waals surface area (Å²) in [6, 6.07) is 13.5. The van der Waals surface area contributed by atoms with Gasteiger partial charge < -0.3 is 20.9 Å². The summed E-state index contributed by atoms with van der Waals surface area (Å²) in [5, 5.41) is 17.5. The van der Waals surface area contributed by atoms with Gasteiger partial charge in [0.2, 0.25) is 5.91 Å². The normalized spacial score (nSPS) is 19.9. The van der Waals surface area contributed by atoms with Gasteiger partial charge in [0.05, 0.1) is 18.1 Å². The van der Waals surface area contributed by atoms with Crippen molar-refractivity contribution in [2.24, 2.45) is 0 Å². The lowest BCUT2D eigenvalue weighted by Crippen LogP contribution is -2.54. The predicted molar refractivity (Wildman–Crippen MR) is 137 cm³/mol. The quantitative estimate of drug-likeness (QED) is 0.364. The van der Waals surface area contributed by atoms with Crippen molar-refractivity contribution >= 4 is 11.8 Å². The maximum atomic E-state index is 13.3. The number of hydrogen-bond donors (Lipinski definition) is 3. The van der Waals surface area contributed by atoms with Crippen LogP contribution in [0.15, 0.2) is 60.9 Å². The van der Waals surface area contributed by atoms with E-state index in [0.717, 1.165) is 43.7 Å². The monoisotopic (exact) mass is 505 g/mol. The van der Waals surface area contributed by atoms with Crippen LogP contribution < -0.4 is 16.0 Å². The van der Waals surface area contributed by atoms with E-state index in [9.17, 15) is 14.0 Å². The van der Waals surface area contributed by atoms with Gasteiger partial charge in [-0.1, -0.05) is 17.3 Å². The first kappa shape index (κ1) is 25.0. The molecule has 1 aliphatic carbocycles. The highest BCUT2D eigenvalue weighted by molar-refractivity contribution is 5.97. The summed E-state index contributed by atoms with van der Waals surface area (Å²) >= 11 is 0. The molecule has 0 bridgehead atoms. The minimum Gasteiger partial charge on any atom is -0.340 e. The van der Waals surface area contributed by atoms with E-state index in [1.165, 1.54) is 12.1 Å². The van der Waals surface area contributed by atoms with Crippen LogP contribution in [0.1, 0.15) is 41.1 Å². The zero-order valence-corrected chi connectivity index (χ0v) is 20.6. The second-order valence-corrected chi connectivity index (χ2v) is 9.59. The van der Waals surface area contributed by atoms with E-state index < -0.39 is 6.04 Å². The Labute approximate surface area is 215 Å². The topological polar surface area (TPSA) is 104 Å². The van der Waals surface area contributed by atoms with Gasteiger partial charge >= 0.3 is 0 Å². The van der Waals surface area contributed by atoms with Crippen LogP contribution in [-0.4, -0.2) is 76.5 Å². The fourth-order valence-electron chi connectivity index (χ4n) is 4.81. The molecule has 1 saturated heterocycles. The summed E-state index contributed by atoms with van der Waals surface area (Å²) in [6.07, 6.45) is 5.64. The summed E-state index contributed by atoms with van der Waals surface area (Å²) < 4.78 is 14.8. The Morgan fingerprint density at radius 3 is 2.54 bits per heavy atom. The smallest absolute Gasteiger partial charge is 0.251 e. The Balaban J connectivity index is 1.16. The van der Waals surface area contributed by atoms with Crippen LogP contribution in [0, 0.1) is 5.82 Å². The number of carbonyl (C=O) groups excluding carboxylic acids is 2. The molecule has 0 radical (unpaired) electrons. The van der Waals surface area contributed by atoms with Gasteiger partial charge in [-0.3, -0.25) is 9.59 Å². The van der Waals surface area contributed by atoms with Crippen molar-refractivity contribution in [2.75, 3.05) is 32.7 Å². The third-order valence-electron chi connectivity index (χ3n) is 7.01. The van der Waals surface area contributed by atoms with E-state index in [2.05, 4.69) is 26.3 Å². The Morgan fingerprint density at radius 2 is 1.84 bits per heavy atom.